The summed E-state index contributed by atoms with van der Waals surface area (Å²) in [5.41, 5.74) is 2.67. The van der Waals surface area contributed by atoms with Crippen molar-refractivity contribution in [2.24, 2.45) is 0 Å². The number of benzene rings is 1. The molecular weight excluding hydrogens is 212 g/mol. The second-order valence-corrected chi connectivity index (χ2v) is 5.09. The van der Waals surface area contributed by atoms with Crippen molar-refractivity contribution in [3.63, 3.8) is 0 Å². The Labute approximate surface area is 103 Å². The van der Waals surface area contributed by atoms with E-state index in [2.05, 4.69) is 30.4 Å². The van der Waals surface area contributed by atoms with Gasteiger partial charge in [0.25, 0.3) is 0 Å². The summed E-state index contributed by atoms with van der Waals surface area (Å²) in [6, 6.07) is 6.23. The third-order valence-corrected chi connectivity index (χ3v) is 3.38. The lowest BCUT2D eigenvalue weighted by Gasteiger charge is -2.15. The first-order valence-electron chi connectivity index (χ1n) is 6.37. The number of hydrogen-bond donors (Lipinski definition) is 2. The van der Waals surface area contributed by atoms with E-state index in [1.807, 2.05) is 6.07 Å². The van der Waals surface area contributed by atoms with Crippen molar-refractivity contribution >= 4 is 0 Å². The van der Waals surface area contributed by atoms with Crippen LogP contribution in [0.3, 0.4) is 0 Å². The quantitative estimate of drug-likeness (QED) is 0.764. The first-order chi connectivity index (χ1) is 8.16. The van der Waals surface area contributed by atoms with Crippen LogP contribution in [0.1, 0.15) is 30.0 Å². The summed E-state index contributed by atoms with van der Waals surface area (Å²) < 4.78 is 0. The highest BCUT2D eigenvalue weighted by Crippen LogP contribution is 2.32. The number of phenols is 1. The molecule has 1 aliphatic carbocycles. The van der Waals surface area contributed by atoms with Crippen LogP contribution in [0.25, 0.3) is 0 Å². The van der Waals surface area contributed by atoms with Gasteiger partial charge in [-0.15, -0.1) is 0 Å². The highest BCUT2D eigenvalue weighted by atomic mass is 16.3. The first kappa shape index (κ1) is 12.4. The van der Waals surface area contributed by atoms with Gasteiger partial charge in [0.15, 0.2) is 0 Å². The molecule has 1 aliphatic rings. The Morgan fingerprint density at radius 2 is 2.24 bits per heavy atom. The SMILES string of the molecule is CN(C)CCCNC1CCc2cc(O)ccc21. The summed E-state index contributed by atoms with van der Waals surface area (Å²) in [6.45, 7) is 2.19. The Morgan fingerprint density at radius 1 is 1.41 bits per heavy atom. The summed E-state index contributed by atoms with van der Waals surface area (Å²) in [4.78, 5) is 2.21. The normalized spacial score (nSPS) is 18.6. The predicted octanol–water partition coefficient (Wildman–Crippen LogP) is 1.92. The van der Waals surface area contributed by atoms with Crippen molar-refractivity contribution in [2.75, 3.05) is 27.2 Å². The van der Waals surface area contributed by atoms with Gasteiger partial charge in [-0.1, -0.05) is 6.07 Å². The molecule has 0 saturated heterocycles. The van der Waals surface area contributed by atoms with Crippen LogP contribution < -0.4 is 5.32 Å². The maximum absolute atomic E-state index is 9.43. The van der Waals surface area contributed by atoms with Crippen molar-refractivity contribution in [1.82, 2.24) is 10.2 Å². The van der Waals surface area contributed by atoms with E-state index in [0.717, 1.165) is 25.9 Å². The lowest BCUT2D eigenvalue weighted by atomic mass is 10.1. The van der Waals surface area contributed by atoms with E-state index >= 15 is 0 Å². The van der Waals surface area contributed by atoms with Crippen molar-refractivity contribution in [3.05, 3.63) is 29.3 Å². The van der Waals surface area contributed by atoms with Gasteiger partial charge in [-0.25, -0.2) is 0 Å². The van der Waals surface area contributed by atoms with Crippen molar-refractivity contribution < 1.29 is 5.11 Å². The molecule has 0 heterocycles. The molecule has 1 unspecified atom stereocenters. The molecule has 0 aromatic heterocycles. The number of rotatable bonds is 5. The van der Waals surface area contributed by atoms with Crippen LogP contribution in [-0.4, -0.2) is 37.2 Å². The summed E-state index contributed by atoms with van der Waals surface area (Å²) in [6.07, 6.45) is 3.41. The van der Waals surface area contributed by atoms with Gasteiger partial charge >= 0.3 is 0 Å². The maximum atomic E-state index is 9.43. The molecule has 1 aromatic carbocycles. The zero-order chi connectivity index (χ0) is 12.3. The molecular formula is C14H22N2O. The zero-order valence-corrected chi connectivity index (χ0v) is 10.7. The van der Waals surface area contributed by atoms with Gasteiger partial charge in [0, 0.05) is 6.04 Å². The van der Waals surface area contributed by atoms with E-state index in [1.54, 1.807) is 6.07 Å². The molecule has 2 N–H and O–H groups in total. The average Bonchev–Trinajstić information content (AvgIpc) is 2.66. The van der Waals surface area contributed by atoms with E-state index in [1.165, 1.54) is 17.5 Å². The fraction of sp³-hybridized carbons (Fsp3) is 0.571. The van der Waals surface area contributed by atoms with E-state index < -0.39 is 0 Å². The molecule has 0 bridgehead atoms. The molecule has 3 nitrogen and oxygen atoms in total. The monoisotopic (exact) mass is 234 g/mol. The van der Waals surface area contributed by atoms with Crippen molar-refractivity contribution in [2.45, 2.75) is 25.3 Å². The van der Waals surface area contributed by atoms with Crippen LogP contribution >= 0.6 is 0 Å². The molecule has 0 amide bonds. The van der Waals surface area contributed by atoms with E-state index in [0.29, 0.717) is 11.8 Å². The minimum absolute atomic E-state index is 0.386. The summed E-state index contributed by atoms with van der Waals surface area (Å²) >= 11 is 0. The number of aromatic hydroxyl groups is 1. The van der Waals surface area contributed by atoms with E-state index in [9.17, 15) is 5.11 Å². The van der Waals surface area contributed by atoms with Crippen LogP contribution in [0, 0.1) is 0 Å². The lowest BCUT2D eigenvalue weighted by Crippen LogP contribution is -2.24. The Morgan fingerprint density at radius 3 is 3.00 bits per heavy atom. The molecule has 0 spiro atoms. The molecule has 0 aliphatic heterocycles. The van der Waals surface area contributed by atoms with Crippen molar-refractivity contribution in [1.29, 1.82) is 0 Å². The zero-order valence-electron chi connectivity index (χ0n) is 10.7. The topological polar surface area (TPSA) is 35.5 Å². The summed E-state index contributed by atoms with van der Waals surface area (Å²) in [5.74, 6) is 0.386. The van der Waals surface area contributed by atoms with Crippen LogP contribution in [0.5, 0.6) is 5.75 Å². The third-order valence-electron chi connectivity index (χ3n) is 3.38. The number of aryl methyl sites for hydroxylation is 1. The smallest absolute Gasteiger partial charge is 0.115 e. The Balaban J connectivity index is 1.85. The number of nitrogens with zero attached hydrogens (tertiary/aromatic N) is 1. The van der Waals surface area contributed by atoms with Crippen molar-refractivity contribution in [3.8, 4) is 5.75 Å². The minimum Gasteiger partial charge on any atom is -0.508 e. The fourth-order valence-corrected chi connectivity index (χ4v) is 2.49. The number of fused-ring (bicyclic) bond motifs is 1. The van der Waals surface area contributed by atoms with Crippen LogP contribution in [0.15, 0.2) is 18.2 Å². The van der Waals surface area contributed by atoms with E-state index in [-0.39, 0.29) is 0 Å². The maximum Gasteiger partial charge on any atom is 0.115 e. The number of hydrogen-bond acceptors (Lipinski definition) is 3. The number of phenolic OH excluding ortho intramolecular Hbond substituents is 1. The number of nitrogens with one attached hydrogen (secondary N) is 1. The molecule has 0 saturated carbocycles. The molecule has 0 radical (unpaired) electrons. The largest absolute Gasteiger partial charge is 0.508 e. The highest BCUT2D eigenvalue weighted by Gasteiger charge is 2.21. The molecule has 2 rings (SSSR count). The molecule has 1 atom stereocenters. The van der Waals surface area contributed by atoms with Gasteiger partial charge in [-0.3, -0.25) is 0 Å². The molecule has 17 heavy (non-hydrogen) atoms. The van der Waals surface area contributed by atoms with Gasteiger partial charge < -0.3 is 15.3 Å². The van der Waals surface area contributed by atoms with Gasteiger partial charge in [0.2, 0.25) is 0 Å². The van der Waals surface area contributed by atoms with Gasteiger partial charge in [-0.05, 0) is 69.7 Å². The van der Waals surface area contributed by atoms with Gasteiger partial charge in [0.1, 0.15) is 5.75 Å². The molecule has 94 valence electrons. The second-order valence-electron chi connectivity index (χ2n) is 5.09. The standard InChI is InChI=1S/C14H22N2O/c1-16(2)9-3-8-15-14-7-4-11-10-12(17)5-6-13(11)14/h5-6,10,14-15,17H,3-4,7-9H2,1-2H3. The minimum atomic E-state index is 0.386. The summed E-state index contributed by atoms with van der Waals surface area (Å²) in [7, 11) is 4.21. The third kappa shape index (κ3) is 3.20. The fourth-order valence-electron chi connectivity index (χ4n) is 2.49. The predicted molar refractivity (Wildman–Crippen MR) is 70.3 cm³/mol. The van der Waals surface area contributed by atoms with Gasteiger partial charge in [-0.2, -0.15) is 0 Å². The lowest BCUT2D eigenvalue weighted by molar-refractivity contribution is 0.386. The van der Waals surface area contributed by atoms with Gasteiger partial charge in [0.05, 0.1) is 0 Å². The molecule has 3 heteroatoms. The Kier molecular flexibility index (Phi) is 4.02. The Bertz CT molecular complexity index is 376. The molecule has 1 aromatic rings. The first-order valence-corrected chi connectivity index (χ1v) is 6.37. The second kappa shape index (κ2) is 5.52. The Hall–Kier alpha value is -1.06. The average molecular weight is 234 g/mol. The van der Waals surface area contributed by atoms with Crippen LogP contribution in [0.2, 0.25) is 0 Å². The highest BCUT2D eigenvalue weighted by molar-refractivity contribution is 5.39. The van der Waals surface area contributed by atoms with E-state index in [4.69, 9.17) is 0 Å². The molecule has 0 fully saturated rings. The van der Waals surface area contributed by atoms with Crippen LogP contribution in [-0.2, 0) is 6.42 Å². The summed E-state index contributed by atoms with van der Waals surface area (Å²) in [5, 5.41) is 13.0. The van der Waals surface area contributed by atoms with Crippen LogP contribution in [0.4, 0.5) is 0 Å².